The third kappa shape index (κ3) is 4.51. The van der Waals surface area contributed by atoms with E-state index in [4.69, 9.17) is 18.9 Å². The van der Waals surface area contributed by atoms with E-state index in [2.05, 4.69) is 5.10 Å². The van der Waals surface area contributed by atoms with Crippen molar-refractivity contribution in [2.45, 2.75) is 24.3 Å². The Labute approximate surface area is 205 Å². The minimum absolute atomic E-state index is 0.160. The molecule has 0 unspecified atom stereocenters. The number of ether oxygens (including phenoxy) is 4. The number of methoxy groups -OCH3 is 4. The van der Waals surface area contributed by atoms with Gasteiger partial charge in [-0.25, -0.2) is 0 Å². The van der Waals surface area contributed by atoms with E-state index >= 15 is 0 Å². The molecule has 3 aromatic rings. The van der Waals surface area contributed by atoms with Crippen LogP contribution in [0.2, 0.25) is 0 Å². The van der Waals surface area contributed by atoms with E-state index in [9.17, 15) is 8.42 Å². The summed E-state index contributed by atoms with van der Waals surface area (Å²) in [6, 6.07) is 16.9. The van der Waals surface area contributed by atoms with Gasteiger partial charge in [-0.15, -0.1) is 0 Å². The molecule has 1 aliphatic heterocycles. The smallest absolute Gasteiger partial charge is 0.279 e. The first-order valence-electron chi connectivity index (χ1n) is 11.0. The molecule has 0 aromatic heterocycles. The molecule has 1 heterocycles. The fourth-order valence-corrected chi connectivity index (χ4v) is 5.55. The number of para-hydroxylation sites is 1. The summed E-state index contributed by atoms with van der Waals surface area (Å²) in [5.74, 6) is 2.08. The molecule has 0 amide bonds. The molecule has 0 radical (unpaired) electrons. The second-order valence-corrected chi connectivity index (χ2v) is 9.81. The van der Waals surface area contributed by atoms with E-state index < -0.39 is 16.1 Å². The van der Waals surface area contributed by atoms with Crippen molar-refractivity contribution in [1.82, 2.24) is 4.41 Å². The molecule has 9 heteroatoms. The number of hydrogen-bond donors (Lipinski definition) is 0. The van der Waals surface area contributed by atoms with Crippen LogP contribution in [0.5, 0.6) is 23.0 Å². The lowest BCUT2D eigenvalue weighted by atomic mass is 9.98. The molecular formula is C26H28N2O6S. The van der Waals surface area contributed by atoms with Gasteiger partial charge in [0.15, 0.2) is 23.0 Å². The van der Waals surface area contributed by atoms with Gasteiger partial charge in [0.25, 0.3) is 10.0 Å². The Hall–Kier alpha value is -3.72. The lowest BCUT2D eigenvalue weighted by Gasteiger charge is -2.25. The van der Waals surface area contributed by atoms with Gasteiger partial charge in [0.2, 0.25) is 0 Å². The third-order valence-corrected chi connectivity index (χ3v) is 7.64. The molecule has 0 N–H and O–H groups in total. The number of nitrogens with zero attached hydrogens (tertiary/aromatic N) is 2. The Kier molecular flexibility index (Phi) is 6.88. The van der Waals surface area contributed by atoms with E-state index in [1.807, 2.05) is 25.1 Å². The van der Waals surface area contributed by atoms with E-state index in [1.165, 1.54) is 11.5 Å². The largest absolute Gasteiger partial charge is 0.493 e. The zero-order chi connectivity index (χ0) is 25.2. The molecule has 8 nitrogen and oxygen atoms in total. The summed E-state index contributed by atoms with van der Waals surface area (Å²) in [5.41, 5.74) is 2.94. The maximum absolute atomic E-state index is 13.8. The summed E-state index contributed by atoms with van der Waals surface area (Å²) in [7, 11) is 2.22. The third-order valence-electron chi connectivity index (χ3n) is 5.95. The Morgan fingerprint density at radius 1 is 0.829 bits per heavy atom. The number of benzene rings is 3. The number of sulfonamides is 1. The van der Waals surface area contributed by atoms with Gasteiger partial charge in [-0.1, -0.05) is 29.8 Å². The molecule has 0 aliphatic carbocycles. The summed E-state index contributed by atoms with van der Waals surface area (Å²) in [5, 5.41) is 4.62. The first-order chi connectivity index (χ1) is 16.8. The van der Waals surface area contributed by atoms with Crippen molar-refractivity contribution in [2.24, 2.45) is 5.10 Å². The molecule has 1 atom stereocenters. The fourth-order valence-electron chi connectivity index (χ4n) is 4.12. The first-order valence-corrected chi connectivity index (χ1v) is 12.4. The second-order valence-electron chi connectivity index (χ2n) is 8.01. The van der Waals surface area contributed by atoms with Crippen molar-refractivity contribution in [2.75, 3.05) is 28.4 Å². The first kappa shape index (κ1) is 24.4. The minimum Gasteiger partial charge on any atom is -0.493 e. The SMILES string of the molecule is COc1ccc(C2=NN(S(=O)(=O)c3ccc(C)cc3)[C@H](c3cccc(OC)c3OC)C2)cc1OC. The van der Waals surface area contributed by atoms with Gasteiger partial charge in [0.05, 0.1) is 45.1 Å². The molecule has 0 saturated carbocycles. The highest BCUT2D eigenvalue weighted by molar-refractivity contribution is 7.89. The van der Waals surface area contributed by atoms with Crippen molar-refractivity contribution in [3.05, 3.63) is 77.4 Å². The monoisotopic (exact) mass is 496 g/mol. The standard InChI is InChI=1S/C26H28N2O6S/c1-17-9-12-19(13-10-17)35(29,30)28-22(20-7-6-8-24(32-3)26(20)34-5)16-21(27-28)18-11-14-23(31-2)25(15-18)33-4/h6-15,22H,16H2,1-5H3/t22-/m0/s1. The predicted molar refractivity (Wildman–Crippen MR) is 133 cm³/mol. The molecule has 184 valence electrons. The van der Waals surface area contributed by atoms with Crippen LogP contribution in [-0.4, -0.2) is 47.0 Å². The molecule has 4 rings (SSSR count). The molecule has 0 bridgehead atoms. The van der Waals surface area contributed by atoms with E-state index in [0.29, 0.717) is 40.7 Å². The molecule has 3 aromatic carbocycles. The molecule has 0 fully saturated rings. The van der Waals surface area contributed by atoms with Gasteiger partial charge in [-0.05, 0) is 43.3 Å². The van der Waals surface area contributed by atoms with Crippen LogP contribution in [0.15, 0.2) is 70.7 Å². The van der Waals surface area contributed by atoms with Crippen molar-refractivity contribution in [3.8, 4) is 23.0 Å². The van der Waals surface area contributed by atoms with Crippen molar-refractivity contribution >= 4 is 15.7 Å². The van der Waals surface area contributed by atoms with Crippen LogP contribution in [0.4, 0.5) is 0 Å². The predicted octanol–water partition coefficient (Wildman–Crippen LogP) is 4.57. The quantitative estimate of drug-likeness (QED) is 0.454. The van der Waals surface area contributed by atoms with Gasteiger partial charge in [0, 0.05) is 17.5 Å². The molecular weight excluding hydrogens is 468 g/mol. The zero-order valence-electron chi connectivity index (χ0n) is 20.3. The summed E-state index contributed by atoms with van der Waals surface area (Å²) < 4.78 is 50.6. The van der Waals surface area contributed by atoms with Crippen LogP contribution in [0.1, 0.15) is 29.2 Å². The summed E-state index contributed by atoms with van der Waals surface area (Å²) in [6.07, 6.45) is 0.324. The minimum atomic E-state index is -3.97. The van der Waals surface area contributed by atoms with Gasteiger partial charge in [0.1, 0.15) is 0 Å². The van der Waals surface area contributed by atoms with Crippen molar-refractivity contribution < 1.29 is 27.4 Å². The molecule has 0 spiro atoms. The summed E-state index contributed by atoms with van der Waals surface area (Å²) in [6.45, 7) is 1.91. The number of aryl methyl sites for hydroxylation is 1. The highest BCUT2D eigenvalue weighted by Crippen LogP contribution is 2.44. The van der Waals surface area contributed by atoms with Gasteiger partial charge >= 0.3 is 0 Å². The highest BCUT2D eigenvalue weighted by atomic mass is 32.2. The topological polar surface area (TPSA) is 86.7 Å². The van der Waals surface area contributed by atoms with Crippen LogP contribution in [-0.2, 0) is 10.0 Å². The molecule has 0 saturated heterocycles. The van der Waals surface area contributed by atoms with Crippen molar-refractivity contribution in [3.63, 3.8) is 0 Å². The maximum Gasteiger partial charge on any atom is 0.279 e. The second kappa shape index (κ2) is 9.87. The number of rotatable bonds is 8. The Morgan fingerprint density at radius 3 is 2.14 bits per heavy atom. The Morgan fingerprint density at radius 2 is 1.51 bits per heavy atom. The maximum atomic E-state index is 13.8. The lowest BCUT2D eigenvalue weighted by molar-refractivity contribution is 0.328. The van der Waals surface area contributed by atoms with Crippen LogP contribution in [0.3, 0.4) is 0 Å². The average Bonchev–Trinajstić information content (AvgIpc) is 3.34. The average molecular weight is 497 g/mol. The highest BCUT2D eigenvalue weighted by Gasteiger charge is 2.39. The van der Waals surface area contributed by atoms with Gasteiger partial charge in [-0.2, -0.15) is 17.9 Å². The van der Waals surface area contributed by atoms with Gasteiger partial charge in [-0.3, -0.25) is 0 Å². The van der Waals surface area contributed by atoms with Crippen LogP contribution >= 0.6 is 0 Å². The fraction of sp³-hybridized carbons (Fsp3) is 0.269. The van der Waals surface area contributed by atoms with E-state index in [-0.39, 0.29) is 4.90 Å². The van der Waals surface area contributed by atoms with Gasteiger partial charge < -0.3 is 18.9 Å². The summed E-state index contributed by atoms with van der Waals surface area (Å²) in [4.78, 5) is 0.160. The molecule has 1 aliphatic rings. The van der Waals surface area contributed by atoms with Crippen LogP contribution < -0.4 is 18.9 Å². The van der Waals surface area contributed by atoms with Crippen molar-refractivity contribution in [1.29, 1.82) is 0 Å². The zero-order valence-corrected chi connectivity index (χ0v) is 21.1. The lowest BCUT2D eigenvalue weighted by Crippen LogP contribution is -2.27. The Bertz CT molecular complexity index is 1350. The van der Waals surface area contributed by atoms with E-state index in [0.717, 1.165) is 11.1 Å². The van der Waals surface area contributed by atoms with E-state index in [1.54, 1.807) is 63.8 Å². The normalized spacial score (nSPS) is 15.5. The Balaban J connectivity index is 1.86. The number of hydrazone groups is 1. The number of hydrogen-bond acceptors (Lipinski definition) is 7. The molecule has 35 heavy (non-hydrogen) atoms. The summed E-state index contributed by atoms with van der Waals surface area (Å²) >= 11 is 0. The van der Waals surface area contributed by atoms with Crippen LogP contribution in [0.25, 0.3) is 0 Å². The van der Waals surface area contributed by atoms with Crippen LogP contribution in [0, 0.1) is 6.92 Å².